The van der Waals surface area contributed by atoms with E-state index in [1.165, 1.54) is 4.90 Å². The quantitative estimate of drug-likeness (QED) is 0.608. The van der Waals surface area contributed by atoms with Gasteiger partial charge < -0.3 is 0 Å². The maximum Gasteiger partial charge on any atom is 0.256 e. The number of benzene rings is 1. The lowest BCUT2D eigenvalue weighted by Gasteiger charge is -2.16. The van der Waals surface area contributed by atoms with Crippen LogP contribution in [0.3, 0.4) is 0 Å². The molecule has 0 N–H and O–H groups in total. The average molecular weight is 213 g/mol. The van der Waals surface area contributed by atoms with E-state index in [0.29, 0.717) is 12.0 Å². The Morgan fingerprint density at radius 1 is 1.25 bits per heavy atom. The van der Waals surface area contributed by atoms with Gasteiger partial charge in [-0.05, 0) is 23.6 Å². The lowest BCUT2D eigenvalue weighted by molar-refractivity contribution is -0.137. The molecule has 3 nitrogen and oxygen atoms in total. The van der Waals surface area contributed by atoms with E-state index in [1.807, 2.05) is 30.3 Å². The molecule has 0 radical (unpaired) electrons. The number of carbonyl (C=O) groups is 2. The zero-order chi connectivity index (χ0) is 11.3. The van der Waals surface area contributed by atoms with Gasteiger partial charge in [0.2, 0.25) is 5.91 Å². The number of hydrogen-bond acceptors (Lipinski definition) is 2. The Kier molecular flexibility index (Phi) is 1.78. The first-order valence-corrected chi connectivity index (χ1v) is 5.30. The van der Waals surface area contributed by atoms with Gasteiger partial charge in [-0.1, -0.05) is 24.3 Å². The van der Waals surface area contributed by atoms with Crippen LogP contribution < -0.4 is 0 Å². The maximum atomic E-state index is 11.8. The lowest BCUT2D eigenvalue weighted by Crippen LogP contribution is -2.26. The average Bonchev–Trinajstić information content (AvgIpc) is 2.52. The molecular formula is C13H11NO2. The van der Waals surface area contributed by atoms with Gasteiger partial charge in [0.05, 0.1) is 5.92 Å². The van der Waals surface area contributed by atoms with Gasteiger partial charge >= 0.3 is 0 Å². The zero-order valence-corrected chi connectivity index (χ0v) is 8.93. The van der Waals surface area contributed by atoms with Crippen LogP contribution in [0.2, 0.25) is 0 Å². The number of likely N-dealkylation sites (N-methyl/N-ethyl adjacent to an activating group) is 1. The molecule has 16 heavy (non-hydrogen) atoms. The summed E-state index contributed by atoms with van der Waals surface area (Å²) in [6, 6.07) is 7.90. The van der Waals surface area contributed by atoms with Crippen molar-refractivity contribution in [3.8, 4) is 0 Å². The molecule has 2 amide bonds. The summed E-state index contributed by atoms with van der Waals surface area (Å²) in [5.74, 6) is -0.484. The van der Waals surface area contributed by atoms with Gasteiger partial charge in [-0.2, -0.15) is 0 Å². The fourth-order valence-corrected chi connectivity index (χ4v) is 2.42. The van der Waals surface area contributed by atoms with Crippen LogP contribution >= 0.6 is 0 Å². The predicted molar refractivity (Wildman–Crippen MR) is 59.4 cm³/mol. The van der Waals surface area contributed by atoms with Crippen molar-refractivity contribution < 1.29 is 9.59 Å². The molecule has 0 bridgehead atoms. The molecule has 0 aromatic heterocycles. The van der Waals surface area contributed by atoms with Crippen molar-refractivity contribution in [2.45, 2.75) is 6.42 Å². The van der Waals surface area contributed by atoms with Crippen molar-refractivity contribution in [2.75, 3.05) is 7.05 Å². The minimum absolute atomic E-state index is 0.0780. The standard InChI is InChI=1S/C13H11NO2/c1-14-12(15)10-6-8-4-2-3-5-9(8)7-11(10)13(14)16/h2-6,11H,7H2,1H3. The van der Waals surface area contributed by atoms with Gasteiger partial charge in [0.25, 0.3) is 5.91 Å². The fraction of sp³-hybridized carbons (Fsp3) is 0.231. The summed E-state index contributed by atoms with van der Waals surface area (Å²) >= 11 is 0. The predicted octanol–water partition coefficient (Wildman–Crippen LogP) is 1.24. The maximum absolute atomic E-state index is 11.8. The van der Waals surface area contributed by atoms with Crippen LogP contribution in [0.25, 0.3) is 6.08 Å². The molecule has 0 spiro atoms. The highest BCUT2D eigenvalue weighted by molar-refractivity contribution is 6.17. The number of imide groups is 1. The molecule has 1 aromatic carbocycles. The Balaban J connectivity index is 2.15. The van der Waals surface area contributed by atoms with E-state index in [1.54, 1.807) is 7.05 Å². The van der Waals surface area contributed by atoms with Crippen LogP contribution in [0.4, 0.5) is 0 Å². The van der Waals surface area contributed by atoms with Crippen LogP contribution in [0.15, 0.2) is 29.8 Å². The molecule has 1 fully saturated rings. The summed E-state index contributed by atoms with van der Waals surface area (Å²) in [5, 5.41) is 0. The molecule has 0 saturated carbocycles. The van der Waals surface area contributed by atoms with Gasteiger partial charge in [0, 0.05) is 12.6 Å². The van der Waals surface area contributed by atoms with Crippen molar-refractivity contribution in [3.05, 3.63) is 41.0 Å². The monoisotopic (exact) mass is 213 g/mol. The van der Waals surface area contributed by atoms with Crippen LogP contribution in [0.5, 0.6) is 0 Å². The van der Waals surface area contributed by atoms with Crippen LogP contribution in [0.1, 0.15) is 11.1 Å². The summed E-state index contributed by atoms with van der Waals surface area (Å²) < 4.78 is 0. The number of hydrogen-bond donors (Lipinski definition) is 0. The Bertz CT molecular complexity index is 530. The summed E-state index contributed by atoms with van der Waals surface area (Å²) in [6.45, 7) is 0. The van der Waals surface area contributed by atoms with Crippen LogP contribution in [-0.2, 0) is 16.0 Å². The van der Waals surface area contributed by atoms with Crippen molar-refractivity contribution in [1.82, 2.24) is 4.90 Å². The smallest absolute Gasteiger partial charge is 0.256 e. The number of fused-ring (bicyclic) bond motifs is 2. The van der Waals surface area contributed by atoms with Crippen molar-refractivity contribution in [3.63, 3.8) is 0 Å². The third-order valence-electron chi connectivity index (χ3n) is 3.35. The van der Waals surface area contributed by atoms with E-state index in [2.05, 4.69) is 0 Å². The molecule has 1 aliphatic heterocycles. The van der Waals surface area contributed by atoms with E-state index in [4.69, 9.17) is 0 Å². The van der Waals surface area contributed by atoms with Crippen LogP contribution in [0, 0.1) is 5.92 Å². The summed E-state index contributed by atoms with van der Waals surface area (Å²) in [4.78, 5) is 24.8. The number of carbonyl (C=O) groups excluding carboxylic acids is 2. The second kappa shape index (κ2) is 3.04. The first-order valence-electron chi connectivity index (χ1n) is 5.30. The van der Waals surface area contributed by atoms with E-state index in [-0.39, 0.29) is 17.7 Å². The van der Waals surface area contributed by atoms with Gasteiger partial charge in [-0.25, -0.2) is 0 Å². The number of likely N-dealkylation sites (tertiary alicyclic amines) is 1. The summed E-state index contributed by atoms with van der Waals surface area (Å²) in [5.41, 5.74) is 2.85. The fourth-order valence-electron chi connectivity index (χ4n) is 2.42. The van der Waals surface area contributed by atoms with E-state index >= 15 is 0 Å². The van der Waals surface area contributed by atoms with Gasteiger partial charge in [0.15, 0.2) is 0 Å². The summed E-state index contributed by atoms with van der Waals surface area (Å²) in [7, 11) is 1.55. The van der Waals surface area contributed by atoms with Crippen LogP contribution in [-0.4, -0.2) is 23.8 Å². The molecular weight excluding hydrogens is 202 g/mol. The molecule has 1 aromatic rings. The van der Waals surface area contributed by atoms with Crippen molar-refractivity contribution in [2.24, 2.45) is 5.92 Å². The molecule has 1 aliphatic carbocycles. The number of amides is 2. The van der Waals surface area contributed by atoms with Crippen molar-refractivity contribution >= 4 is 17.9 Å². The Morgan fingerprint density at radius 3 is 2.81 bits per heavy atom. The lowest BCUT2D eigenvalue weighted by atomic mass is 9.85. The Morgan fingerprint density at radius 2 is 2.00 bits per heavy atom. The summed E-state index contributed by atoms with van der Waals surface area (Å²) in [6.07, 6.45) is 2.50. The first-order chi connectivity index (χ1) is 7.68. The van der Waals surface area contributed by atoms with Gasteiger partial charge in [-0.3, -0.25) is 14.5 Å². The minimum Gasteiger partial charge on any atom is -0.281 e. The highest BCUT2D eigenvalue weighted by Gasteiger charge is 2.42. The number of rotatable bonds is 0. The highest BCUT2D eigenvalue weighted by Crippen LogP contribution is 2.34. The normalized spacial score (nSPS) is 22.9. The number of nitrogens with zero attached hydrogens (tertiary/aromatic N) is 1. The van der Waals surface area contributed by atoms with E-state index < -0.39 is 0 Å². The minimum atomic E-state index is -0.257. The largest absolute Gasteiger partial charge is 0.281 e. The van der Waals surface area contributed by atoms with Gasteiger partial charge in [0.1, 0.15) is 0 Å². The molecule has 2 aliphatic rings. The molecule has 1 atom stereocenters. The Hall–Kier alpha value is -1.90. The third-order valence-corrected chi connectivity index (χ3v) is 3.35. The van der Waals surface area contributed by atoms with Gasteiger partial charge in [-0.15, -0.1) is 0 Å². The zero-order valence-electron chi connectivity index (χ0n) is 8.93. The second-order valence-electron chi connectivity index (χ2n) is 4.26. The molecule has 80 valence electrons. The molecule has 3 heteroatoms. The Labute approximate surface area is 93.4 Å². The van der Waals surface area contributed by atoms with E-state index in [9.17, 15) is 9.59 Å². The molecule has 1 heterocycles. The van der Waals surface area contributed by atoms with Crippen molar-refractivity contribution in [1.29, 1.82) is 0 Å². The third kappa shape index (κ3) is 1.08. The first kappa shape index (κ1) is 9.33. The SMILES string of the molecule is CN1C(=O)C2=Cc3ccccc3CC2C1=O. The topological polar surface area (TPSA) is 37.4 Å². The second-order valence-corrected chi connectivity index (χ2v) is 4.26. The highest BCUT2D eigenvalue weighted by atomic mass is 16.2. The van der Waals surface area contributed by atoms with E-state index in [0.717, 1.165) is 11.1 Å². The molecule has 1 unspecified atom stereocenters. The molecule has 1 saturated heterocycles. The molecule has 3 rings (SSSR count).